The molecule has 0 spiro atoms. The molecule has 0 unspecified atom stereocenters. The topological polar surface area (TPSA) is 67.6 Å². The maximum atomic E-state index is 11.7. The highest BCUT2D eigenvalue weighted by atomic mass is 16.5. The minimum absolute atomic E-state index is 0.116. The first-order valence-corrected chi connectivity index (χ1v) is 5.14. The van der Waals surface area contributed by atoms with Gasteiger partial charge in [-0.3, -0.25) is 0 Å². The van der Waals surface area contributed by atoms with Gasteiger partial charge in [0, 0.05) is 30.9 Å². The maximum Gasteiger partial charge on any atom is 0.321 e. The molecule has 1 aromatic carbocycles. The predicted octanol–water partition coefficient (Wildman–Crippen LogP) is 0.870. The van der Waals surface area contributed by atoms with Crippen LogP contribution in [0.2, 0.25) is 0 Å². The lowest BCUT2D eigenvalue weighted by molar-refractivity contribution is 0.165. The highest BCUT2D eigenvalue weighted by molar-refractivity contribution is 5.90. The molecule has 2 rings (SSSR count). The molecule has 0 bridgehead atoms. The smallest absolute Gasteiger partial charge is 0.321 e. The van der Waals surface area contributed by atoms with Gasteiger partial charge in [-0.2, -0.15) is 0 Å². The van der Waals surface area contributed by atoms with Gasteiger partial charge in [-0.15, -0.1) is 0 Å². The molecule has 0 aromatic heterocycles. The molecule has 1 saturated heterocycles. The molecule has 1 aliphatic rings. The quantitative estimate of drug-likeness (QED) is 0.778. The summed E-state index contributed by atoms with van der Waals surface area (Å²) in [7, 11) is 1.59. The minimum atomic E-state index is -0.116. The number of methoxy groups -OCH3 is 1. The average molecular weight is 221 g/mol. The van der Waals surface area contributed by atoms with Crippen LogP contribution in [0, 0.1) is 0 Å². The Morgan fingerprint density at radius 2 is 2.31 bits per heavy atom. The number of urea groups is 1. The molecule has 0 saturated carbocycles. The van der Waals surface area contributed by atoms with Crippen LogP contribution in [0.3, 0.4) is 0 Å². The summed E-state index contributed by atoms with van der Waals surface area (Å²) in [6.45, 7) is 1.24. The molecule has 5 nitrogen and oxygen atoms in total. The second-order valence-electron chi connectivity index (χ2n) is 3.83. The summed E-state index contributed by atoms with van der Waals surface area (Å²) >= 11 is 0. The third-order valence-corrected chi connectivity index (χ3v) is 2.52. The average Bonchev–Trinajstić information content (AvgIpc) is 2.25. The van der Waals surface area contributed by atoms with Crippen LogP contribution in [0.1, 0.15) is 0 Å². The molecule has 3 N–H and O–H groups in total. The van der Waals surface area contributed by atoms with Crippen molar-refractivity contribution in [1.29, 1.82) is 0 Å². The van der Waals surface area contributed by atoms with Crippen molar-refractivity contribution in [3.8, 4) is 5.75 Å². The maximum absolute atomic E-state index is 11.7. The Labute approximate surface area is 94.2 Å². The van der Waals surface area contributed by atoms with E-state index in [9.17, 15) is 4.79 Å². The summed E-state index contributed by atoms with van der Waals surface area (Å²) in [6, 6.07) is 7.26. The Kier molecular flexibility index (Phi) is 2.96. The van der Waals surface area contributed by atoms with E-state index in [1.54, 1.807) is 18.1 Å². The number of nitrogens with one attached hydrogen (secondary N) is 1. The van der Waals surface area contributed by atoms with Crippen molar-refractivity contribution in [3.05, 3.63) is 24.3 Å². The van der Waals surface area contributed by atoms with Crippen LogP contribution < -0.4 is 15.8 Å². The van der Waals surface area contributed by atoms with Crippen LogP contribution in [0.5, 0.6) is 5.75 Å². The Balaban J connectivity index is 1.95. The van der Waals surface area contributed by atoms with E-state index in [1.165, 1.54) is 0 Å². The normalized spacial score (nSPS) is 15.5. The molecule has 1 aromatic rings. The van der Waals surface area contributed by atoms with E-state index in [1.807, 2.05) is 18.2 Å². The van der Waals surface area contributed by atoms with Gasteiger partial charge in [-0.05, 0) is 12.1 Å². The van der Waals surface area contributed by atoms with Crippen LogP contribution in [0.15, 0.2) is 24.3 Å². The molecule has 86 valence electrons. The summed E-state index contributed by atoms with van der Waals surface area (Å²) < 4.78 is 5.07. The fourth-order valence-electron chi connectivity index (χ4n) is 1.58. The molecular formula is C11H15N3O2. The van der Waals surface area contributed by atoms with Crippen LogP contribution in [0.25, 0.3) is 0 Å². The number of rotatable bonds is 2. The van der Waals surface area contributed by atoms with E-state index in [0.29, 0.717) is 13.1 Å². The SMILES string of the molecule is COc1cccc(NC(=O)N2CC(N)C2)c1. The zero-order valence-corrected chi connectivity index (χ0v) is 9.14. The lowest BCUT2D eigenvalue weighted by Crippen LogP contribution is -2.58. The van der Waals surface area contributed by atoms with E-state index in [0.717, 1.165) is 11.4 Å². The number of likely N-dealkylation sites (tertiary alicyclic amines) is 1. The van der Waals surface area contributed by atoms with Gasteiger partial charge >= 0.3 is 6.03 Å². The number of carbonyl (C=O) groups is 1. The zero-order valence-electron chi connectivity index (χ0n) is 9.14. The Hall–Kier alpha value is -1.75. The van der Waals surface area contributed by atoms with Crippen LogP contribution in [0.4, 0.5) is 10.5 Å². The first kappa shape index (κ1) is 10.8. The van der Waals surface area contributed by atoms with Crippen LogP contribution in [-0.2, 0) is 0 Å². The van der Waals surface area contributed by atoms with Gasteiger partial charge in [0.25, 0.3) is 0 Å². The van der Waals surface area contributed by atoms with Crippen molar-refractivity contribution in [2.75, 3.05) is 25.5 Å². The van der Waals surface area contributed by atoms with Gasteiger partial charge in [0.2, 0.25) is 0 Å². The lowest BCUT2D eigenvalue weighted by atomic mass is 10.1. The van der Waals surface area contributed by atoms with E-state index in [-0.39, 0.29) is 12.1 Å². The molecular weight excluding hydrogens is 206 g/mol. The van der Waals surface area contributed by atoms with Crippen LogP contribution in [-0.4, -0.2) is 37.2 Å². The summed E-state index contributed by atoms with van der Waals surface area (Å²) in [5.74, 6) is 0.720. The van der Waals surface area contributed by atoms with E-state index >= 15 is 0 Å². The van der Waals surface area contributed by atoms with Crippen molar-refractivity contribution >= 4 is 11.7 Å². The number of carbonyl (C=O) groups excluding carboxylic acids is 1. The Morgan fingerprint density at radius 3 is 2.94 bits per heavy atom. The van der Waals surface area contributed by atoms with E-state index in [2.05, 4.69) is 5.32 Å². The molecule has 0 atom stereocenters. The fourth-order valence-corrected chi connectivity index (χ4v) is 1.58. The summed E-state index contributed by atoms with van der Waals surface area (Å²) in [6.07, 6.45) is 0. The second kappa shape index (κ2) is 4.40. The van der Waals surface area contributed by atoms with Gasteiger partial charge < -0.3 is 20.7 Å². The number of anilines is 1. The summed E-state index contributed by atoms with van der Waals surface area (Å²) in [4.78, 5) is 13.3. The van der Waals surface area contributed by atoms with Crippen molar-refractivity contribution in [1.82, 2.24) is 4.90 Å². The number of amides is 2. The van der Waals surface area contributed by atoms with Gasteiger partial charge in [0.15, 0.2) is 0 Å². The molecule has 1 heterocycles. The lowest BCUT2D eigenvalue weighted by Gasteiger charge is -2.36. The van der Waals surface area contributed by atoms with Gasteiger partial charge in [-0.1, -0.05) is 6.07 Å². The van der Waals surface area contributed by atoms with Crippen LogP contribution >= 0.6 is 0 Å². The highest BCUT2D eigenvalue weighted by Gasteiger charge is 2.27. The van der Waals surface area contributed by atoms with E-state index < -0.39 is 0 Å². The van der Waals surface area contributed by atoms with Crippen molar-refractivity contribution in [2.45, 2.75) is 6.04 Å². The Morgan fingerprint density at radius 1 is 1.56 bits per heavy atom. The largest absolute Gasteiger partial charge is 0.497 e. The molecule has 0 aliphatic carbocycles. The monoisotopic (exact) mass is 221 g/mol. The minimum Gasteiger partial charge on any atom is -0.497 e. The number of hydrogen-bond acceptors (Lipinski definition) is 3. The molecule has 16 heavy (non-hydrogen) atoms. The van der Waals surface area contributed by atoms with Crippen molar-refractivity contribution < 1.29 is 9.53 Å². The number of hydrogen-bond donors (Lipinski definition) is 2. The Bertz CT molecular complexity index is 389. The first-order valence-electron chi connectivity index (χ1n) is 5.14. The zero-order chi connectivity index (χ0) is 11.5. The summed E-state index contributed by atoms with van der Waals surface area (Å²) in [5, 5.41) is 2.79. The van der Waals surface area contributed by atoms with Crippen molar-refractivity contribution in [2.24, 2.45) is 5.73 Å². The molecule has 2 amide bonds. The third kappa shape index (κ3) is 2.25. The number of benzene rings is 1. The molecule has 5 heteroatoms. The molecule has 1 aliphatic heterocycles. The predicted molar refractivity (Wildman–Crippen MR) is 61.6 cm³/mol. The second-order valence-corrected chi connectivity index (χ2v) is 3.83. The first-order chi connectivity index (χ1) is 7.69. The number of ether oxygens (including phenoxy) is 1. The standard InChI is InChI=1S/C11H15N3O2/c1-16-10-4-2-3-9(5-10)13-11(15)14-6-8(12)7-14/h2-5,8H,6-7,12H2,1H3,(H,13,15). The van der Waals surface area contributed by atoms with Gasteiger partial charge in [0.1, 0.15) is 5.75 Å². The van der Waals surface area contributed by atoms with Crippen molar-refractivity contribution in [3.63, 3.8) is 0 Å². The molecule has 0 radical (unpaired) electrons. The molecule has 1 fully saturated rings. The fraction of sp³-hybridized carbons (Fsp3) is 0.364. The number of nitrogens with zero attached hydrogens (tertiary/aromatic N) is 1. The van der Waals surface area contributed by atoms with Gasteiger partial charge in [-0.25, -0.2) is 4.79 Å². The summed E-state index contributed by atoms with van der Waals surface area (Å²) in [5.41, 5.74) is 6.33. The van der Waals surface area contributed by atoms with Gasteiger partial charge in [0.05, 0.1) is 7.11 Å². The highest BCUT2D eigenvalue weighted by Crippen LogP contribution is 2.17. The van der Waals surface area contributed by atoms with E-state index in [4.69, 9.17) is 10.5 Å². The number of nitrogens with two attached hydrogens (primary N) is 1. The third-order valence-electron chi connectivity index (χ3n) is 2.52.